The van der Waals surface area contributed by atoms with Crippen molar-refractivity contribution in [2.45, 2.75) is 155 Å². The molecule has 0 rings (SSSR count). The van der Waals surface area contributed by atoms with Crippen LogP contribution in [-0.4, -0.2) is 44.0 Å². The molecular formula is C28H56MgO5S. The van der Waals surface area contributed by atoms with Gasteiger partial charge in [-0.15, -0.1) is 0 Å². The Morgan fingerprint density at radius 1 is 0.600 bits per heavy atom. The maximum Gasteiger partial charge on any atom is 0.451 e. The highest BCUT2D eigenvalue weighted by Crippen LogP contribution is 2.12. The van der Waals surface area contributed by atoms with Gasteiger partial charge in [-0.05, 0) is 38.5 Å². The SMILES string of the molecule is CCCCCCCC/C=C\CCCCCCCC(=O)OS(=O)(=O)OCCCCCCCCCC.[MgH2]. The van der Waals surface area contributed by atoms with Crippen molar-refractivity contribution in [2.75, 3.05) is 6.61 Å². The van der Waals surface area contributed by atoms with Crippen molar-refractivity contribution >= 4 is 39.4 Å². The molecule has 0 saturated heterocycles. The van der Waals surface area contributed by atoms with Crippen molar-refractivity contribution in [2.24, 2.45) is 0 Å². The fourth-order valence-corrected chi connectivity index (χ4v) is 4.60. The van der Waals surface area contributed by atoms with Crippen LogP contribution in [0.1, 0.15) is 155 Å². The van der Waals surface area contributed by atoms with Crippen LogP contribution in [0.15, 0.2) is 12.2 Å². The van der Waals surface area contributed by atoms with Crippen LogP contribution in [0.2, 0.25) is 0 Å². The van der Waals surface area contributed by atoms with Crippen LogP contribution >= 0.6 is 0 Å². The van der Waals surface area contributed by atoms with Gasteiger partial charge < -0.3 is 4.18 Å². The summed E-state index contributed by atoms with van der Waals surface area (Å²) in [5.74, 6) is -0.714. The Bertz CT molecular complexity index is 578. The summed E-state index contributed by atoms with van der Waals surface area (Å²) < 4.78 is 32.8. The minimum Gasteiger partial charge on any atom is -0.325 e. The summed E-state index contributed by atoms with van der Waals surface area (Å²) >= 11 is 0. The van der Waals surface area contributed by atoms with E-state index in [1.54, 1.807) is 0 Å². The van der Waals surface area contributed by atoms with Gasteiger partial charge in [0.1, 0.15) is 0 Å². The zero-order valence-corrected chi connectivity index (χ0v) is 23.2. The van der Waals surface area contributed by atoms with E-state index in [1.807, 2.05) is 0 Å². The van der Waals surface area contributed by atoms with E-state index in [0.29, 0.717) is 12.8 Å². The van der Waals surface area contributed by atoms with Crippen LogP contribution in [0, 0.1) is 0 Å². The summed E-state index contributed by atoms with van der Waals surface area (Å²) in [6.07, 6.45) is 28.9. The second kappa shape index (κ2) is 28.5. The van der Waals surface area contributed by atoms with Crippen molar-refractivity contribution in [3.05, 3.63) is 12.2 Å². The number of unbranched alkanes of at least 4 members (excludes halogenated alkanes) is 18. The molecule has 0 aromatic heterocycles. The average Bonchev–Trinajstić information content (AvgIpc) is 2.80. The summed E-state index contributed by atoms with van der Waals surface area (Å²) in [6.45, 7) is 4.53. The summed E-state index contributed by atoms with van der Waals surface area (Å²) in [7, 11) is -4.21. The molecule has 0 aliphatic carbocycles. The molecule has 0 N–H and O–H groups in total. The Balaban J connectivity index is 0. The van der Waals surface area contributed by atoms with Crippen molar-refractivity contribution in [1.29, 1.82) is 0 Å². The maximum absolute atomic E-state index is 11.8. The molecule has 0 spiro atoms. The smallest absolute Gasteiger partial charge is 0.325 e. The number of carbonyl (C=O) groups is 1. The molecule has 0 aromatic rings. The predicted molar refractivity (Wildman–Crippen MR) is 152 cm³/mol. The fourth-order valence-electron chi connectivity index (χ4n) is 3.92. The molecule has 0 saturated carbocycles. The molecule has 0 unspecified atom stereocenters. The van der Waals surface area contributed by atoms with Gasteiger partial charge in [-0.25, -0.2) is 4.18 Å². The lowest BCUT2D eigenvalue weighted by Crippen LogP contribution is -2.16. The molecule has 5 nitrogen and oxygen atoms in total. The van der Waals surface area contributed by atoms with Crippen molar-refractivity contribution in [3.8, 4) is 0 Å². The number of allylic oxidation sites excluding steroid dienone is 2. The second-order valence-corrected chi connectivity index (χ2v) is 10.7. The third-order valence-electron chi connectivity index (χ3n) is 6.06. The quantitative estimate of drug-likeness (QED) is 0.0645. The molecule has 0 aromatic carbocycles. The largest absolute Gasteiger partial charge is 0.451 e. The second-order valence-electron chi connectivity index (χ2n) is 9.49. The van der Waals surface area contributed by atoms with E-state index in [4.69, 9.17) is 4.18 Å². The van der Waals surface area contributed by atoms with Gasteiger partial charge >= 0.3 is 39.4 Å². The molecule has 206 valence electrons. The van der Waals surface area contributed by atoms with Crippen LogP contribution in [0.5, 0.6) is 0 Å². The van der Waals surface area contributed by atoms with Crippen molar-refractivity contribution < 1.29 is 21.6 Å². The van der Waals surface area contributed by atoms with Crippen LogP contribution in [0.4, 0.5) is 0 Å². The number of hydrogen-bond acceptors (Lipinski definition) is 5. The first kappa shape index (κ1) is 37.0. The Hall–Kier alpha value is -0.114. The van der Waals surface area contributed by atoms with Crippen LogP contribution < -0.4 is 0 Å². The van der Waals surface area contributed by atoms with Crippen molar-refractivity contribution in [1.82, 2.24) is 0 Å². The summed E-state index contributed by atoms with van der Waals surface area (Å²) in [4.78, 5) is 11.8. The van der Waals surface area contributed by atoms with Gasteiger partial charge in [-0.1, -0.05) is 122 Å². The summed E-state index contributed by atoms with van der Waals surface area (Å²) in [6, 6.07) is 0. The van der Waals surface area contributed by atoms with Crippen molar-refractivity contribution in [3.63, 3.8) is 0 Å². The fraction of sp³-hybridized carbons (Fsp3) is 0.893. The minimum absolute atomic E-state index is 0. The lowest BCUT2D eigenvalue weighted by Gasteiger charge is -2.06. The highest BCUT2D eigenvalue weighted by atomic mass is 32.3. The monoisotopic (exact) mass is 528 g/mol. The molecule has 0 amide bonds. The maximum atomic E-state index is 11.8. The molecule has 0 fully saturated rings. The van der Waals surface area contributed by atoms with Gasteiger partial charge in [0, 0.05) is 6.42 Å². The lowest BCUT2D eigenvalue weighted by atomic mass is 10.1. The normalized spacial score (nSPS) is 11.6. The van der Waals surface area contributed by atoms with E-state index >= 15 is 0 Å². The molecule has 0 atom stereocenters. The molecule has 0 aliphatic heterocycles. The molecule has 0 radical (unpaired) electrons. The first-order chi connectivity index (χ1) is 16.5. The highest BCUT2D eigenvalue weighted by molar-refractivity contribution is 7.82. The van der Waals surface area contributed by atoms with Gasteiger partial charge in [-0.2, -0.15) is 8.42 Å². The third-order valence-corrected chi connectivity index (χ3v) is 6.91. The van der Waals surface area contributed by atoms with Gasteiger partial charge in [0.25, 0.3) is 0 Å². The van der Waals surface area contributed by atoms with E-state index in [0.717, 1.165) is 38.5 Å². The number of carbonyl (C=O) groups excluding carboxylic acids is 1. The molecule has 0 heterocycles. The number of hydrogen-bond donors (Lipinski definition) is 0. The third kappa shape index (κ3) is 30.0. The Kier molecular flexibility index (Phi) is 30.1. The number of rotatable bonds is 26. The average molecular weight is 529 g/mol. The molecule has 0 aliphatic rings. The summed E-state index contributed by atoms with van der Waals surface area (Å²) in [5, 5.41) is 0. The standard InChI is InChI=1S/C28H54O5S.Mg.2H/c1-3-5-7-9-11-13-14-15-16-17-18-19-20-22-24-26-28(29)33-34(30,31)32-27-25-23-21-12-10-8-6-4-2;;;/h15-16H,3-14,17-27H2,1-2H3;;;/b16-15-;;;. The zero-order chi connectivity index (χ0) is 25.2. The van der Waals surface area contributed by atoms with Gasteiger partial charge in [0.15, 0.2) is 0 Å². The van der Waals surface area contributed by atoms with Gasteiger partial charge in [0.2, 0.25) is 0 Å². The van der Waals surface area contributed by atoms with E-state index < -0.39 is 16.4 Å². The Labute approximate surface area is 234 Å². The minimum atomic E-state index is -4.21. The van der Waals surface area contributed by atoms with E-state index in [1.165, 1.54) is 83.5 Å². The molecule has 7 heteroatoms. The van der Waals surface area contributed by atoms with E-state index in [-0.39, 0.29) is 36.1 Å². The van der Waals surface area contributed by atoms with E-state index in [2.05, 4.69) is 30.2 Å². The predicted octanol–water partition coefficient (Wildman–Crippen LogP) is 8.05. The summed E-state index contributed by atoms with van der Waals surface area (Å²) in [5.41, 5.74) is 0. The zero-order valence-electron chi connectivity index (χ0n) is 22.4. The van der Waals surface area contributed by atoms with Gasteiger partial charge in [0.05, 0.1) is 6.61 Å². The topological polar surface area (TPSA) is 69.7 Å². The first-order valence-corrected chi connectivity index (χ1v) is 15.6. The van der Waals surface area contributed by atoms with Crippen LogP contribution in [0.25, 0.3) is 0 Å². The lowest BCUT2D eigenvalue weighted by molar-refractivity contribution is -0.134. The highest BCUT2D eigenvalue weighted by Gasteiger charge is 2.17. The van der Waals surface area contributed by atoms with Crippen LogP contribution in [-0.2, 0) is 23.6 Å². The van der Waals surface area contributed by atoms with Gasteiger partial charge in [-0.3, -0.25) is 4.79 Å². The van der Waals surface area contributed by atoms with E-state index in [9.17, 15) is 13.2 Å². The molecule has 0 bridgehead atoms. The molecular weight excluding hydrogens is 473 g/mol. The van der Waals surface area contributed by atoms with Crippen LogP contribution in [0.3, 0.4) is 0 Å². The Morgan fingerprint density at radius 2 is 1.00 bits per heavy atom. The molecule has 35 heavy (non-hydrogen) atoms. The Morgan fingerprint density at radius 3 is 1.49 bits per heavy atom. The first-order valence-electron chi connectivity index (χ1n) is 14.3.